The first-order valence-electron chi connectivity index (χ1n) is 25.6. The fourth-order valence-corrected chi connectivity index (χ4v) is 11.6. The van der Waals surface area contributed by atoms with E-state index >= 15 is 4.39 Å². The summed E-state index contributed by atoms with van der Waals surface area (Å²) in [5, 5.41) is 29.1. The van der Waals surface area contributed by atoms with Gasteiger partial charge in [-0.2, -0.15) is 14.3 Å². The minimum absolute atomic E-state index is 0.00644. The Morgan fingerprint density at radius 3 is 1.91 bits per heavy atom. The smallest absolute Gasteiger partial charge is 0.368 e. The summed E-state index contributed by atoms with van der Waals surface area (Å²) in [5.41, 5.74) is 7.87. The van der Waals surface area contributed by atoms with Crippen molar-refractivity contribution < 1.29 is 27.6 Å². The van der Waals surface area contributed by atoms with Crippen LogP contribution in [-0.2, 0) is 23.7 Å². The first-order chi connectivity index (χ1) is 36.7. The van der Waals surface area contributed by atoms with Gasteiger partial charge in [-0.15, -0.1) is 0 Å². The van der Waals surface area contributed by atoms with Gasteiger partial charge in [0.15, 0.2) is 22.5 Å². The van der Waals surface area contributed by atoms with Crippen LogP contribution in [0.2, 0.25) is 5.28 Å². The lowest BCUT2D eigenvalue weighted by atomic mass is 9.84. The predicted octanol–water partition coefficient (Wildman–Crippen LogP) is 6.11. The highest BCUT2D eigenvalue weighted by Crippen LogP contribution is 2.46. The number of hydrogen-bond acceptors (Lipinski definition) is 16. The van der Waals surface area contributed by atoms with Crippen molar-refractivity contribution in [2.75, 3.05) is 21.7 Å². The summed E-state index contributed by atoms with van der Waals surface area (Å²) < 4.78 is 44.7. The van der Waals surface area contributed by atoms with Gasteiger partial charge in [0.1, 0.15) is 29.7 Å². The molecule has 0 radical (unpaired) electrons. The number of nitrogens with one attached hydrogen (secondary N) is 3. The SMILES string of the molecule is CC1(C)CC(Nc2nc(Cl)ncc2F)CC2CCC(=O)N21.Cn1nnn(-c2cc(N)c(F)cc2C2CC2)c1=O.[C-]#[N+]c1cnc(Nc2cc(-n3nn[n+](C)n3)c(C3CC3)cc2F)nc1NC1CC2CCC(=O)N2C(C)(C)C1. The third-order valence-corrected chi connectivity index (χ3v) is 15.2. The lowest BCUT2D eigenvalue weighted by Crippen LogP contribution is -2.57. The lowest BCUT2D eigenvalue weighted by molar-refractivity contribution is -0.787. The van der Waals surface area contributed by atoms with Gasteiger partial charge in [-0.05, 0) is 154 Å². The van der Waals surface area contributed by atoms with Gasteiger partial charge in [-0.25, -0.2) is 37.8 Å². The summed E-state index contributed by atoms with van der Waals surface area (Å²) in [5.74, 6) is 0.244. The van der Waals surface area contributed by atoms with Crippen LogP contribution in [0.1, 0.15) is 128 Å². The number of piperidine rings is 2. The average molecular weight is 1080 g/mol. The van der Waals surface area contributed by atoms with E-state index in [-0.39, 0.29) is 98.7 Å². The van der Waals surface area contributed by atoms with E-state index in [0.717, 1.165) is 90.9 Å². The Morgan fingerprint density at radius 2 is 1.35 bits per heavy atom. The van der Waals surface area contributed by atoms with Crippen LogP contribution in [-0.4, -0.2) is 117 Å². The van der Waals surface area contributed by atoms with Gasteiger partial charge in [0.2, 0.25) is 28.7 Å². The number of benzene rings is 2. The van der Waals surface area contributed by atoms with Gasteiger partial charge in [0.25, 0.3) is 0 Å². The molecule has 404 valence electrons. The number of anilines is 5. The molecule has 2 aliphatic carbocycles. The number of carbonyl (C=O) groups excluding carboxylic acids is 2. The van der Waals surface area contributed by atoms with Crippen LogP contribution in [0.15, 0.2) is 41.5 Å². The highest BCUT2D eigenvalue weighted by molar-refractivity contribution is 6.28. The Kier molecular flexibility index (Phi) is 14.1. The van der Waals surface area contributed by atoms with Gasteiger partial charge in [0, 0.05) is 77.8 Å². The zero-order valence-electron chi connectivity index (χ0n) is 43.4. The molecule has 4 unspecified atom stereocenters. The lowest BCUT2D eigenvalue weighted by Gasteiger charge is -2.47. The van der Waals surface area contributed by atoms with E-state index in [1.54, 1.807) is 13.1 Å². The van der Waals surface area contributed by atoms with Crippen molar-refractivity contribution in [1.82, 2.24) is 70.0 Å². The van der Waals surface area contributed by atoms with Gasteiger partial charge in [-0.1, -0.05) is 0 Å². The number of aromatic nitrogens is 13. The Morgan fingerprint density at radius 1 is 0.753 bits per heavy atom. The minimum Gasteiger partial charge on any atom is -0.396 e. The summed E-state index contributed by atoms with van der Waals surface area (Å²) >= 11 is 5.72. The molecule has 0 bridgehead atoms. The maximum absolute atomic E-state index is 15.2. The maximum atomic E-state index is 15.2. The number of aryl methyl sites for hydroxylation is 2. The maximum Gasteiger partial charge on any atom is 0.368 e. The van der Waals surface area contributed by atoms with E-state index < -0.39 is 17.5 Å². The molecule has 12 rings (SSSR count). The highest BCUT2D eigenvalue weighted by atomic mass is 35.5. The minimum atomic E-state index is -0.512. The van der Waals surface area contributed by atoms with Crippen molar-refractivity contribution in [3.63, 3.8) is 0 Å². The second-order valence-corrected chi connectivity index (χ2v) is 22.2. The van der Waals surface area contributed by atoms with Crippen LogP contribution in [0, 0.1) is 24.0 Å². The van der Waals surface area contributed by atoms with E-state index in [9.17, 15) is 23.2 Å². The number of amides is 2. The molecule has 6 aliphatic rings. The molecule has 2 amide bonds. The molecular weight excluding hydrogens is 1020 g/mol. The van der Waals surface area contributed by atoms with E-state index in [1.165, 1.54) is 41.0 Å². The quantitative estimate of drug-likeness (QED) is 0.0522. The van der Waals surface area contributed by atoms with E-state index in [4.69, 9.17) is 23.9 Å². The second kappa shape index (κ2) is 20.6. The van der Waals surface area contributed by atoms with E-state index in [1.807, 2.05) is 9.80 Å². The van der Waals surface area contributed by atoms with Crippen LogP contribution in [0.4, 0.5) is 47.8 Å². The number of fused-ring (bicyclic) bond motifs is 2. The zero-order valence-corrected chi connectivity index (χ0v) is 44.1. The van der Waals surface area contributed by atoms with Gasteiger partial charge in [0.05, 0.1) is 35.0 Å². The normalized spacial score (nSPS) is 22.0. The molecule has 77 heavy (non-hydrogen) atoms. The van der Waals surface area contributed by atoms with Crippen LogP contribution in [0.25, 0.3) is 16.2 Å². The number of carbonyl (C=O) groups is 2. The number of nitrogens with zero attached hydrogens (tertiary/aromatic N) is 16. The fraction of sp³-hybridized carbons (Fsp3) is 0.520. The largest absolute Gasteiger partial charge is 0.396 e. The Hall–Kier alpha value is -7.82. The topological polar surface area (TPSA) is 259 Å². The molecule has 6 aromatic rings. The molecule has 2 saturated carbocycles. The molecule has 0 spiro atoms. The van der Waals surface area contributed by atoms with Crippen LogP contribution < -0.4 is 32.2 Å². The highest BCUT2D eigenvalue weighted by Gasteiger charge is 2.48. The molecule has 6 fully saturated rings. The molecule has 4 saturated heterocycles. The number of halogens is 4. The van der Waals surface area contributed by atoms with E-state index in [0.29, 0.717) is 30.0 Å². The van der Waals surface area contributed by atoms with Crippen molar-refractivity contribution in [2.24, 2.45) is 14.1 Å². The summed E-state index contributed by atoms with van der Waals surface area (Å²) in [6, 6.07) is 6.46. The monoisotopic (exact) mass is 1080 g/mol. The summed E-state index contributed by atoms with van der Waals surface area (Å²) in [7, 11) is 3.18. The van der Waals surface area contributed by atoms with Crippen LogP contribution >= 0.6 is 11.6 Å². The zero-order chi connectivity index (χ0) is 54.7. The third-order valence-electron chi connectivity index (χ3n) is 15.0. The molecule has 27 heteroatoms. The molecule has 4 atom stereocenters. The molecule has 8 heterocycles. The van der Waals surface area contributed by atoms with Crippen molar-refractivity contribution >= 4 is 58.1 Å². The predicted molar refractivity (Wildman–Crippen MR) is 275 cm³/mol. The Labute approximate surface area is 445 Å². The first-order valence-corrected chi connectivity index (χ1v) is 26.0. The number of nitrogens with two attached hydrogens (primary N) is 1. The van der Waals surface area contributed by atoms with Crippen molar-refractivity contribution in [1.29, 1.82) is 0 Å². The number of hydrogen-bond donors (Lipinski definition) is 4. The number of rotatable bonds is 10. The Bertz CT molecular complexity index is 3370. The molecule has 4 aliphatic heterocycles. The van der Waals surface area contributed by atoms with Crippen LogP contribution in [0.5, 0.6) is 0 Å². The standard InChI is InChI=1S/C25H29FN11O.C14H18ClFN4O.C11H12FN5O/c1-25(2)12-15(9-16-7-8-22(38)36(16)25)29-23-20(27-3)13-28-24(31-23)30-19-11-21(37-33-32-35(4)34-37)17(10-18(19)26)14-5-6-14;1-14(2)6-8(5-9-3-4-11(21)20(9)14)18-12-10(16)7-17-13(15)19-12;1-16-11(18)17(15-14-16)10-5-9(13)8(12)4-7(10)6-2-3-6/h10-11,13-16H,5-9,12H2,1-2,4H3,(H2,28,29,30,31);7-9H,3-6H2,1-2H3,(H,17,18,19);4-6H,2-3,13H2,1H3/q+1;;. The Balaban J connectivity index is 0.000000145. The molecule has 4 aromatic heterocycles. The number of tetrazole rings is 1. The van der Waals surface area contributed by atoms with Crippen molar-refractivity contribution in [2.45, 2.75) is 152 Å². The van der Waals surface area contributed by atoms with Gasteiger partial charge >= 0.3 is 5.69 Å². The van der Waals surface area contributed by atoms with E-state index in [2.05, 4.69) is 94.5 Å². The molecule has 2 aromatic carbocycles. The van der Waals surface area contributed by atoms with Crippen molar-refractivity contribution in [3.8, 4) is 11.4 Å². The molecule has 23 nitrogen and oxygen atoms in total. The van der Waals surface area contributed by atoms with Crippen LogP contribution in [0.3, 0.4) is 0 Å². The summed E-state index contributed by atoms with van der Waals surface area (Å²) in [6.45, 7) is 15.9. The number of nitrogen functional groups attached to an aromatic ring is 1. The summed E-state index contributed by atoms with van der Waals surface area (Å²) in [6.07, 6.45) is 12.4. The summed E-state index contributed by atoms with van der Waals surface area (Å²) in [4.78, 5) is 62.9. The van der Waals surface area contributed by atoms with Gasteiger partial charge in [-0.3, -0.25) is 9.59 Å². The first kappa shape index (κ1) is 52.6. The second-order valence-electron chi connectivity index (χ2n) is 21.8. The molecule has 5 N–H and O–H groups in total. The molecular formula is C50H59ClF3N20O3+. The third kappa shape index (κ3) is 11.1. The average Bonchev–Trinajstić information content (AvgIpc) is 4.31. The van der Waals surface area contributed by atoms with Crippen molar-refractivity contribution in [3.05, 3.63) is 92.4 Å². The van der Waals surface area contributed by atoms with Gasteiger partial charge < -0.3 is 31.5 Å². The fourth-order valence-electron chi connectivity index (χ4n) is 11.5.